The number of amides is 2. The topological polar surface area (TPSA) is 67.9 Å². The minimum absolute atomic E-state index is 0.0178. The number of fused-ring (bicyclic) bond motifs is 1. The van der Waals surface area contributed by atoms with E-state index in [2.05, 4.69) is 21.2 Å². The van der Waals surface area contributed by atoms with E-state index in [1.165, 1.54) is 0 Å². The highest BCUT2D eigenvalue weighted by molar-refractivity contribution is 9.10. The zero-order valence-electron chi connectivity index (χ0n) is 14.8. The zero-order valence-corrected chi connectivity index (χ0v) is 16.4. The van der Waals surface area contributed by atoms with Gasteiger partial charge in [-0.05, 0) is 58.2 Å². The number of aryl methyl sites for hydroxylation is 1. The van der Waals surface area contributed by atoms with E-state index in [4.69, 9.17) is 9.47 Å². The molecule has 2 aromatic rings. The highest BCUT2D eigenvalue weighted by Gasteiger charge is 2.34. The Morgan fingerprint density at radius 2 is 2.04 bits per heavy atom. The van der Waals surface area contributed by atoms with E-state index in [9.17, 15) is 9.59 Å². The molecule has 6 nitrogen and oxygen atoms in total. The van der Waals surface area contributed by atoms with Crippen molar-refractivity contribution in [2.75, 3.05) is 18.7 Å². The molecule has 2 aliphatic rings. The molecule has 0 aliphatic carbocycles. The van der Waals surface area contributed by atoms with Gasteiger partial charge in [0.2, 0.25) is 18.6 Å². The largest absolute Gasteiger partial charge is 0.454 e. The summed E-state index contributed by atoms with van der Waals surface area (Å²) in [7, 11) is 0. The van der Waals surface area contributed by atoms with Crippen molar-refractivity contribution in [3.63, 3.8) is 0 Å². The van der Waals surface area contributed by atoms with E-state index in [0.29, 0.717) is 30.3 Å². The summed E-state index contributed by atoms with van der Waals surface area (Å²) in [5.41, 5.74) is 2.77. The van der Waals surface area contributed by atoms with Crippen molar-refractivity contribution < 1.29 is 19.1 Å². The Kier molecular flexibility index (Phi) is 4.78. The lowest BCUT2D eigenvalue weighted by Gasteiger charge is -2.17. The van der Waals surface area contributed by atoms with E-state index in [-0.39, 0.29) is 30.9 Å². The Morgan fingerprint density at radius 3 is 2.85 bits per heavy atom. The lowest BCUT2D eigenvalue weighted by atomic mass is 10.1. The number of rotatable bonds is 4. The Morgan fingerprint density at radius 1 is 1.22 bits per heavy atom. The molecule has 0 saturated carbocycles. The molecule has 1 atom stereocenters. The van der Waals surface area contributed by atoms with Gasteiger partial charge in [0.1, 0.15) is 0 Å². The molecule has 2 aromatic carbocycles. The first-order valence-electron chi connectivity index (χ1n) is 8.73. The van der Waals surface area contributed by atoms with Crippen LogP contribution >= 0.6 is 15.9 Å². The van der Waals surface area contributed by atoms with Crippen LogP contribution in [-0.2, 0) is 16.1 Å². The number of halogens is 1. The second-order valence-electron chi connectivity index (χ2n) is 6.84. The summed E-state index contributed by atoms with van der Waals surface area (Å²) in [5.74, 6) is 0.890. The fraction of sp³-hybridized carbons (Fsp3) is 0.300. The number of likely N-dealkylation sites (tertiary alicyclic amines) is 1. The molecule has 0 bridgehead atoms. The van der Waals surface area contributed by atoms with Gasteiger partial charge in [-0.15, -0.1) is 0 Å². The predicted molar refractivity (Wildman–Crippen MR) is 104 cm³/mol. The van der Waals surface area contributed by atoms with Gasteiger partial charge in [-0.25, -0.2) is 0 Å². The van der Waals surface area contributed by atoms with Crippen LogP contribution in [0.25, 0.3) is 0 Å². The first kappa shape index (κ1) is 17.9. The summed E-state index contributed by atoms with van der Waals surface area (Å²) in [6, 6.07) is 11.4. The number of ether oxygens (including phenoxy) is 2. The fourth-order valence-corrected chi connectivity index (χ4v) is 3.91. The molecule has 1 fully saturated rings. The first-order valence-corrected chi connectivity index (χ1v) is 9.52. The quantitative estimate of drug-likeness (QED) is 0.805. The van der Waals surface area contributed by atoms with Crippen LogP contribution in [0.3, 0.4) is 0 Å². The van der Waals surface area contributed by atoms with E-state index < -0.39 is 0 Å². The van der Waals surface area contributed by atoms with Gasteiger partial charge in [-0.2, -0.15) is 0 Å². The van der Waals surface area contributed by atoms with E-state index in [1.807, 2.05) is 43.3 Å². The maximum absolute atomic E-state index is 12.6. The van der Waals surface area contributed by atoms with Crippen molar-refractivity contribution in [2.45, 2.75) is 19.9 Å². The first-order chi connectivity index (χ1) is 13.0. The van der Waals surface area contributed by atoms with Gasteiger partial charge < -0.3 is 19.7 Å². The standard InChI is InChI=1S/C20H19BrN2O4/c1-12-2-4-16(15(21)6-12)22-20(25)14-8-19(24)23(10-14)9-13-3-5-17-18(7-13)27-11-26-17/h2-7,14H,8-11H2,1H3,(H,22,25). The molecular weight excluding hydrogens is 412 g/mol. The third-order valence-corrected chi connectivity index (χ3v) is 5.43. The SMILES string of the molecule is Cc1ccc(NC(=O)C2CC(=O)N(Cc3ccc4c(c3)OCO4)C2)c(Br)c1. The lowest BCUT2D eigenvalue weighted by molar-refractivity contribution is -0.128. The molecule has 2 amide bonds. The van der Waals surface area contributed by atoms with Crippen LogP contribution in [0.4, 0.5) is 5.69 Å². The molecule has 4 rings (SSSR count). The van der Waals surface area contributed by atoms with Crippen molar-refractivity contribution in [1.82, 2.24) is 4.90 Å². The van der Waals surface area contributed by atoms with Crippen LogP contribution < -0.4 is 14.8 Å². The van der Waals surface area contributed by atoms with Crippen molar-refractivity contribution in [3.8, 4) is 11.5 Å². The Bertz CT molecular complexity index is 915. The molecule has 2 heterocycles. The Hall–Kier alpha value is -2.54. The molecule has 1 saturated heterocycles. The minimum atomic E-state index is -0.361. The number of nitrogens with zero attached hydrogens (tertiary/aromatic N) is 1. The summed E-state index contributed by atoms with van der Waals surface area (Å²) in [5, 5.41) is 2.92. The van der Waals surface area contributed by atoms with Gasteiger partial charge in [0.15, 0.2) is 11.5 Å². The maximum Gasteiger partial charge on any atom is 0.231 e. The molecule has 0 aromatic heterocycles. The Balaban J connectivity index is 1.40. The van der Waals surface area contributed by atoms with Crippen molar-refractivity contribution in [3.05, 3.63) is 52.0 Å². The predicted octanol–water partition coefficient (Wildman–Crippen LogP) is 3.47. The van der Waals surface area contributed by atoms with Gasteiger partial charge in [-0.1, -0.05) is 12.1 Å². The van der Waals surface area contributed by atoms with Gasteiger partial charge in [0, 0.05) is 24.0 Å². The summed E-state index contributed by atoms with van der Waals surface area (Å²) in [4.78, 5) is 26.7. The monoisotopic (exact) mass is 430 g/mol. The van der Waals surface area contributed by atoms with Gasteiger partial charge in [0.25, 0.3) is 0 Å². The molecule has 0 spiro atoms. The van der Waals surface area contributed by atoms with Crippen LogP contribution in [0.15, 0.2) is 40.9 Å². The highest BCUT2D eigenvalue weighted by Crippen LogP contribution is 2.33. The second-order valence-corrected chi connectivity index (χ2v) is 7.69. The number of anilines is 1. The average Bonchev–Trinajstić information content (AvgIpc) is 3.24. The van der Waals surface area contributed by atoms with Crippen LogP contribution in [0.1, 0.15) is 17.5 Å². The third kappa shape index (κ3) is 3.78. The molecule has 7 heteroatoms. The van der Waals surface area contributed by atoms with E-state index >= 15 is 0 Å². The lowest BCUT2D eigenvalue weighted by Crippen LogP contribution is -2.28. The Labute approximate surface area is 165 Å². The molecule has 1 unspecified atom stereocenters. The number of carbonyl (C=O) groups excluding carboxylic acids is 2. The highest BCUT2D eigenvalue weighted by atomic mass is 79.9. The minimum Gasteiger partial charge on any atom is -0.454 e. The van der Waals surface area contributed by atoms with Gasteiger partial charge in [-0.3, -0.25) is 9.59 Å². The van der Waals surface area contributed by atoms with Crippen LogP contribution in [0.2, 0.25) is 0 Å². The van der Waals surface area contributed by atoms with E-state index in [1.54, 1.807) is 4.90 Å². The zero-order chi connectivity index (χ0) is 19.0. The van der Waals surface area contributed by atoms with Crippen LogP contribution in [0, 0.1) is 12.8 Å². The number of carbonyl (C=O) groups is 2. The number of benzene rings is 2. The molecule has 2 aliphatic heterocycles. The average molecular weight is 431 g/mol. The van der Waals surface area contributed by atoms with Crippen LogP contribution in [0.5, 0.6) is 11.5 Å². The summed E-state index contributed by atoms with van der Waals surface area (Å²) in [6.45, 7) is 3.06. The second kappa shape index (κ2) is 7.23. The summed E-state index contributed by atoms with van der Waals surface area (Å²) in [6.07, 6.45) is 0.222. The summed E-state index contributed by atoms with van der Waals surface area (Å²) >= 11 is 3.46. The number of nitrogens with one attached hydrogen (secondary N) is 1. The van der Waals surface area contributed by atoms with Crippen molar-refractivity contribution >= 4 is 33.4 Å². The maximum atomic E-state index is 12.6. The molecule has 0 radical (unpaired) electrons. The molecule has 1 N–H and O–H groups in total. The van der Waals surface area contributed by atoms with Crippen molar-refractivity contribution in [1.29, 1.82) is 0 Å². The number of hydrogen-bond donors (Lipinski definition) is 1. The molecule has 27 heavy (non-hydrogen) atoms. The molecular formula is C20H19BrN2O4. The van der Waals surface area contributed by atoms with Crippen molar-refractivity contribution in [2.24, 2.45) is 5.92 Å². The third-order valence-electron chi connectivity index (χ3n) is 4.78. The van der Waals surface area contributed by atoms with Gasteiger partial charge in [0.05, 0.1) is 11.6 Å². The smallest absolute Gasteiger partial charge is 0.231 e. The fourth-order valence-electron chi connectivity index (χ4n) is 3.32. The molecule has 140 valence electrons. The van der Waals surface area contributed by atoms with Gasteiger partial charge >= 0.3 is 0 Å². The van der Waals surface area contributed by atoms with E-state index in [0.717, 1.165) is 15.6 Å². The number of hydrogen-bond acceptors (Lipinski definition) is 4. The summed E-state index contributed by atoms with van der Waals surface area (Å²) < 4.78 is 11.5. The van der Waals surface area contributed by atoms with Crippen LogP contribution in [-0.4, -0.2) is 30.1 Å². The normalized spacial score (nSPS) is 18.1.